The molecule has 1 N–H and O–H groups in total. The van der Waals surface area contributed by atoms with Crippen LogP contribution in [0.15, 0.2) is 42.2 Å². The van der Waals surface area contributed by atoms with E-state index in [1.165, 1.54) is 17.4 Å². The molecule has 1 aromatic carbocycles. The molecule has 0 saturated carbocycles. The highest BCUT2D eigenvalue weighted by atomic mass is 32.1. The smallest absolute Gasteiger partial charge is 0.143 e. The molecular weight excluding hydrogens is 289 g/mol. The van der Waals surface area contributed by atoms with Gasteiger partial charge in [0.15, 0.2) is 0 Å². The van der Waals surface area contributed by atoms with Crippen molar-refractivity contribution in [3.05, 3.63) is 48.0 Å². The van der Waals surface area contributed by atoms with Crippen molar-refractivity contribution in [1.29, 1.82) is 0 Å². The zero-order chi connectivity index (χ0) is 14.8. The Morgan fingerprint density at radius 2 is 2.19 bits per heavy atom. The number of nitrogens with zero attached hydrogens (tertiary/aromatic N) is 3. The van der Waals surface area contributed by atoms with Gasteiger partial charge in [-0.05, 0) is 19.1 Å². The van der Waals surface area contributed by atoms with Gasteiger partial charge >= 0.3 is 0 Å². The van der Waals surface area contributed by atoms with Crippen LogP contribution in [-0.2, 0) is 0 Å². The van der Waals surface area contributed by atoms with Crippen LogP contribution >= 0.6 is 11.3 Å². The zero-order valence-electron chi connectivity index (χ0n) is 11.4. The third-order valence-electron chi connectivity index (χ3n) is 3.30. The van der Waals surface area contributed by atoms with E-state index in [1.54, 1.807) is 29.2 Å². The summed E-state index contributed by atoms with van der Waals surface area (Å²) in [5, 5.41) is 11.9. The van der Waals surface area contributed by atoms with Crippen LogP contribution in [0.25, 0.3) is 22.0 Å². The minimum atomic E-state index is -0.347. The lowest BCUT2D eigenvalue weighted by Gasteiger charge is -2.14. The fourth-order valence-electron chi connectivity index (χ4n) is 2.16. The summed E-state index contributed by atoms with van der Waals surface area (Å²) in [4.78, 5) is 8.38. The highest BCUT2D eigenvalue weighted by Gasteiger charge is 2.15. The highest BCUT2D eigenvalue weighted by Crippen LogP contribution is 2.29. The fourth-order valence-corrected chi connectivity index (χ4v) is 2.80. The van der Waals surface area contributed by atoms with E-state index >= 15 is 0 Å². The molecule has 0 radical (unpaired) electrons. The van der Waals surface area contributed by atoms with E-state index in [0.29, 0.717) is 11.4 Å². The van der Waals surface area contributed by atoms with Crippen molar-refractivity contribution in [3.63, 3.8) is 0 Å². The van der Waals surface area contributed by atoms with Crippen molar-refractivity contribution in [2.45, 2.75) is 13.0 Å². The first kappa shape index (κ1) is 13.9. The Balaban J connectivity index is 2.03. The van der Waals surface area contributed by atoms with Crippen LogP contribution in [-0.4, -0.2) is 26.2 Å². The molecule has 2 heterocycles. The number of aromatic nitrogens is 3. The SMILES string of the molecule is CC(CO)n1ccnc1-c1ccc(-c2nccs2)cc1F. The first-order valence-corrected chi connectivity index (χ1v) is 7.42. The first-order valence-electron chi connectivity index (χ1n) is 6.54. The normalized spacial score (nSPS) is 12.5. The van der Waals surface area contributed by atoms with E-state index in [-0.39, 0.29) is 18.5 Å². The number of halogens is 1. The molecule has 0 aliphatic heterocycles. The summed E-state index contributed by atoms with van der Waals surface area (Å²) < 4.78 is 16.2. The standard InChI is InChI=1S/C15H14FN3OS/c1-10(9-20)19-6-4-17-14(19)12-3-2-11(8-13(12)16)15-18-5-7-21-15/h2-8,10,20H,9H2,1H3. The van der Waals surface area contributed by atoms with Crippen LogP contribution in [0.2, 0.25) is 0 Å². The van der Waals surface area contributed by atoms with Crippen molar-refractivity contribution in [3.8, 4) is 22.0 Å². The van der Waals surface area contributed by atoms with Gasteiger partial charge in [0.25, 0.3) is 0 Å². The number of imidazole rings is 1. The summed E-state index contributed by atoms with van der Waals surface area (Å²) in [6.45, 7) is 1.83. The summed E-state index contributed by atoms with van der Waals surface area (Å²) in [7, 11) is 0. The van der Waals surface area contributed by atoms with E-state index < -0.39 is 0 Å². The van der Waals surface area contributed by atoms with Crippen LogP contribution < -0.4 is 0 Å². The molecule has 3 rings (SSSR count). The number of thiazole rings is 1. The molecule has 0 aliphatic rings. The molecule has 0 fully saturated rings. The molecule has 3 aromatic rings. The number of hydrogen-bond acceptors (Lipinski definition) is 4. The first-order chi connectivity index (χ1) is 10.2. The van der Waals surface area contributed by atoms with E-state index in [1.807, 2.05) is 18.4 Å². The minimum Gasteiger partial charge on any atom is -0.394 e. The van der Waals surface area contributed by atoms with Crippen LogP contribution in [0.5, 0.6) is 0 Å². The molecule has 0 bridgehead atoms. The molecule has 1 atom stereocenters. The Morgan fingerprint density at radius 3 is 2.86 bits per heavy atom. The monoisotopic (exact) mass is 303 g/mol. The summed E-state index contributed by atoms with van der Waals surface area (Å²) in [5.74, 6) is 0.167. The van der Waals surface area contributed by atoms with Gasteiger partial charge in [0.05, 0.1) is 18.2 Å². The van der Waals surface area contributed by atoms with Gasteiger partial charge in [-0.15, -0.1) is 11.3 Å². The minimum absolute atomic E-state index is 0.0256. The average molecular weight is 303 g/mol. The van der Waals surface area contributed by atoms with Gasteiger partial charge in [-0.25, -0.2) is 14.4 Å². The van der Waals surface area contributed by atoms with Gasteiger partial charge in [-0.1, -0.05) is 6.07 Å². The van der Waals surface area contributed by atoms with E-state index in [9.17, 15) is 9.50 Å². The van der Waals surface area contributed by atoms with Gasteiger partial charge in [0, 0.05) is 29.5 Å². The van der Waals surface area contributed by atoms with Gasteiger partial charge < -0.3 is 9.67 Å². The van der Waals surface area contributed by atoms with Gasteiger partial charge in [-0.2, -0.15) is 0 Å². The van der Waals surface area contributed by atoms with E-state index in [2.05, 4.69) is 9.97 Å². The maximum Gasteiger partial charge on any atom is 0.143 e. The molecule has 108 valence electrons. The molecule has 0 spiro atoms. The summed E-state index contributed by atoms with van der Waals surface area (Å²) in [6, 6.07) is 4.85. The van der Waals surface area contributed by atoms with Crippen LogP contribution in [0.1, 0.15) is 13.0 Å². The lowest BCUT2D eigenvalue weighted by Crippen LogP contribution is -2.10. The van der Waals surface area contributed by atoms with Crippen molar-refractivity contribution in [2.24, 2.45) is 0 Å². The Morgan fingerprint density at radius 1 is 1.33 bits per heavy atom. The molecular formula is C15H14FN3OS. The number of benzene rings is 1. The molecule has 1 unspecified atom stereocenters. The van der Waals surface area contributed by atoms with Crippen LogP contribution in [0, 0.1) is 5.82 Å². The highest BCUT2D eigenvalue weighted by molar-refractivity contribution is 7.13. The molecule has 0 amide bonds. The fraction of sp³-hybridized carbons (Fsp3) is 0.200. The van der Waals surface area contributed by atoms with Crippen molar-refractivity contribution in [2.75, 3.05) is 6.61 Å². The number of rotatable bonds is 4. The molecule has 4 nitrogen and oxygen atoms in total. The Hall–Kier alpha value is -2.05. The molecule has 0 saturated heterocycles. The third-order valence-corrected chi connectivity index (χ3v) is 4.12. The lowest BCUT2D eigenvalue weighted by molar-refractivity contribution is 0.239. The summed E-state index contributed by atoms with van der Waals surface area (Å²) >= 11 is 1.47. The van der Waals surface area contributed by atoms with Gasteiger partial charge in [0.1, 0.15) is 16.6 Å². The summed E-state index contributed by atoms with van der Waals surface area (Å²) in [6.07, 6.45) is 5.04. The quantitative estimate of drug-likeness (QED) is 0.804. The number of aliphatic hydroxyl groups is 1. The topological polar surface area (TPSA) is 50.9 Å². The number of aliphatic hydroxyl groups excluding tert-OH is 1. The third kappa shape index (κ3) is 2.59. The van der Waals surface area contributed by atoms with Crippen molar-refractivity contribution >= 4 is 11.3 Å². The second-order valence-electron chi connectivity index (χ2n) is 4.72. The van der Waals surface area contributed by atoms with Crippen molar-refractivity contribution in [1.82, 2.24) is 14.5 Å². The van der Waals surface area contributed by atoms with E-state index in [4.69, 9.17) is 0 Å². The second kappa shape index (κ2) is 5.75. The molecule has 2 aromatic heterocycles. The Kier molecular flexibility index (Phi) is 3.81. The van der Waals surface area contributed by atoms with E-state index in [0.717, 1.165) is 10.6 Å². The Bertz CT molecular complexity index is 739. The predicted octanol–water partition coefficient (Wildman–Crippen LogP) is 3.37. The molecule has 21 heavy (non-hydrogen) atoms. The molecule has 0 aliphatic carbocycles. The maximum absolute atomic E-state index is 14.4. The average Bonchev–Trinajstić information content (AvgIpc) is 3.17. The second-order valence-corrected chi connectivity index (χ2v) is 5.62. The molecule has 6 heteroatoms. The maximum atomic E-state index is 14.4. The summed E-state index contributed by atoms with van der Waals surface area (Å²) in [5.41, 5.74) is 1.17. The Labute approximate surface area is 125 Å². The predicted molar refractivity (Wildman–Crippen MR) is 80.5 cm³/mol. The van der Waals surface area contributed by atoms with Crippen molar-refractivity contribution < 1.29 is 9.50 Å². The number of hydrogen-bond donors (Lipinski definition) is 1. The van der Waals surface area contributed by atoms with Gasteiger partial charge in [0.2, 0.25) is 0 Å². The zero-order valence-corrected chi connectivity index (χ0v) is 12.2. The lowest BCUT2D eigenvalue weighted by atomic mass is 10.1. The largest absolute Gasteiger partial charge is 0.394 e. The van der Waals surface area contributed by atoms with Crippen LogP contribution in [0.4, 0.5) is 4.39 Å². The van der Waals surface area contributed by atoms with Crippen LogP contribution in [0.3, 0.4) is 0 Å². The van der Waals surface area contributed by atoms with Gasteiger partial charge in [-0.3, -0.25) is 0 Å².